The third kappa shape index (κ3) is 15.2. The van der Waals surface area contributed by atoms with Crippen LogP contribution in [-0.2, 0) is 36.8 Å². The number of benzene rings is 2. The predicted molar refractivity (Wildman–Crippen MR) is 217 cm³/mol. The van der Waals surface area contributed by atoms with Crippen molar-refractivity contribution in [3.05, 3.63) is 120 Å². The van der Waals surface area contributed by atoms with Gasteiger partial charge in [0.15, 0.2) is 0 Å². The Hall–Kier alpha value is -3.69. The number of alkyl halides is 3. The molecule has 0 spiro atoms. The molecule has 0 fully saturated rings. The number of pyridine rings is 2. The molecule has 0 aliphatic carbocycles. The largest absolute Gasteiger partial charge is 2.00 e. The van der Waals surface area contributed by atoms with E-state index in [1.165, 1.54) is 22.4 Å². The van der Waals surface area contributed by atoms with Crippen LogP contribution in [0.2, 0.25) is 0 Å². The van der Waals surface area contributed by atoms with Crippen molar-refractivity contribution in [2.24, 2.45) is 0 Å². The molecule has 0 radical (unpaired) electrons. The number of hydrogen-bond donors (Lipinski definition) is 0. The maximum Gasteiger partial charge on any atom is 2.00 e. The van der Waals surface area contributed by atoms with E-state index >= 15 is 0 Å². The molecule has 8 nitrogen and oxygen atoms in total. The van der Waals surface area contributed by atoms with Crippen LogP contribution < -0.4 is 20.8 Å². The Morgan fingerprint density at radius 1 is 0.556 bits per heavy atom. The summed E-state index contributed by atoms with van der Waals surface area (Å²) >= 11 is 0. The van der Waals surface area contributed by atoms with E-state index in [0.29, 0.717) is 11.6 Å². The number of nitrogens with zero attached hydrogens (tertiary/aromatic N) is 8. The van der Waals surface area contributed by atoms with Gasteiger partial charge in [-0.1, -0.05) is 77.9 Å². The number of rotatable bonds is 4. The number of aryl methyl sites for hydroxylation is 1. The van der Waals surface area contributed by atoms with Crippen LogP contribution in [0.15, 0.2) is 97.3 Å². The summed E-state index contributed by atoms with van der Waals surface area (Å²) < 4.78 is 37.2. The third-order valence-corrected chi connectivity index (χ3v) is 10.7. The van der Waals surface area contributed by atoms with E-state index in [1.54, 1.807) is 12.3 Å². The molecule has 4 heterocycles. The molecule has 0 aliphatic rings. The van der Waals surface area contributed by atoms with Gasteiger partial charge < -0.3 is 20.2 Å². The van der Waals surface area contributed by atoms with Crippen LogP contribution in [0.25, 0.3) is 23.0 Å². The van der Waals surface area contributed by atoms with Gasteiger partial charge in [-0.2, -0.15) is 13.2 Å². The molecule has 0 aliphatic heterocycles. The molecule has 288 valence electrons. The summed E-state index contributed by atoms with van der Waals surface area (Å²) in [5.74, 6) is -0.0783. The van der Waals surface area contributed by atoms with Crippen LogP contribution in [0.3, 0.4) is 0 Å². The maximum atomic E-state index is 12.4. The van der Waals surface area contributed by atoms with Gasteiger partial charge in [-0.3, -0.25) is 20.2 Å². The van der Waals surface area contributed by atoms with Crippen molar-refractivity contribution >= 4 is 26.5 Å². The van der Waals surface area contributed by atoms with Gasteiger partial charge in [-0.05, 0) is 89.1 Å². The van der Waals surface area contributed by atoms with Crippen LogP contribution in [0.1, 0.15) is 64.3 Å². The van der Waals surface area contributed by atoms with Crippen molar-refractivity contribution in [2.45, 2.75) is 65.5 Å². The fourth-order valence-corrected chi connectivity index (χ4v) is 6.19. The molecule has 2 aromatic carbocycles. The Labute approximate surface area is 333 Å². The Kier molecular flexibility index (Phi) is 17.9. The Morgan fingerprint density at radius 3 is 1.24 bits per heavy atom. The first-order valence-electron chi connectivity index (χ1n) is 17.2. The second-order valence-electron chi connectivity index (χ2n) is 14.7. The zero-order chi connectivity index (χ0) is 39.4. The summed E-state index contributed by atoms with van der Waals surface area (Å²) in [4.78, 5) is 15.8. The van der Waals surface area contributed by atoms with Gasteiger partial charge in [-0.15, -0.1) is 0 Å². The topological polar surface area (TPSA) is 106 Å². The second-order valence-corrected chi connectivity index (χ2v) is 19.9. The SMILES string of the molecule is CC(C)(C)c1ccnc(-c2nc(C(F)(F)F)n[n-]2)c1.C[PH+](C)c1ccccc1.C[PH+](C)c1ccccc1.Cc1n[n-]c(-c2cc(C(C)(C)C)ccn2)n1.[Os+2]. The quantitative estimate of drug-likeness (QED) is 0.162. The third-order valence-electron chi connectivity index (χ3n) is 7.67. The normalized spacial score (nSPS) is 11.3. The summed E-state index contributed by atoms with van der Waals surface area (Å²) in [5, 5.41) is 17.4. The molecule has 6 rings (SSSR count). The standard InChI is InChI=1S/C12H12F3N4.C12H15N4.2C8H11P.Os/c1-11(2,3)7-4-5-16-8(6-7)9-17-10(19-18-9)12(13,14)15;1-8-14-11(16-15-8)10-7-9(5-6-13-10)12(2,3)4;2*1-9(2)8-6-4-3-5-7-8;/h4-6H,1-3H3;5-7H,1-4H3;2*3-7H,1-2H3;/q2*-1;;;+2/p+2. The first-order valence-corrected chi connectivity index (χ1v) is 22.2. The number of halogens is 3. The van der Waals surface area contributed by atoms with Gasteiger partial charge >= 0.3 is 26.0 Å². The van der Waals surface area contributed by atoms with E-state index in [0.717, 1.165) is 11.3 Å². The van der Waals surface area contributed by atoms with E-state index in [1.807, 2.05) is 45.9 Å². The molecule has 0 atom stereocenters. The average molecular weight is 953 g/mol. The zero-order valence-corrected chi connectivity index (χ0v) is 37.3. The Balaban J connectivity index is 0.000000260. The molecule has 14 heteroatoms. The van der Waals surface area contributed by atoms with E-state index in [2.05, 4.69) is 148 Å². The second kappa shape index (κ2) is 20.8. The fraction of sp³-hybridized carbons (Fsp3) is 0.350. The molecule has 54 heavy (non-hydrogen) atoms. The van der Waals surface area contributed by atoms with Crippen molar-refractivity contribution in [3.63, 3.8) is 0 Å². The minimum absolute atomic E-state index is 0. The molecule has 0 amide bonds. The van der Waals surface area contributed by atoms with Crippen LogP contribution in [0.5, 0.6) is 0 Å². The van der Waals surface area contributed by atoms with Crippen LogP contribution in [-0.4, -0.2) is 56.8 Å². The fourth-order valence-electron chi connectivity index (χ4n) is 4.48. The van der Waals surface area contributed by atoms with E-state index in [9.17, 15) is 13.2 Å². The van der Waals surface area contributed by atoms with Crippen molar-refractivity contribution in [1.29, 1.82) is 0 Å². The van der Waals surface area contributed by atoms with Gasteiger partial charge in [0.25, 0.3) is 0 Å². The van der Waals surface area contributed by atoms with Gasteiger partial charge in [0.2, 0.25) is 0 Å². The first kappa shape index (κ1) is 46.5. The minimum Gasteiger partial charge on any atom is -0.421 e. The van der Waals surface area contributed by atoms with E-state index < -0.39 is 12.0 Å². The summed E-state index contributed by atoms with van der Waals surface area (Å²) in [7, 11) is -0.424. The summed E-state index contributed by atoms with van der Waals surface area (Å²) in [6, 6.07) is 28.9. The van der Waals surface area contributed by atoms with Crippen LogP contribution in [0, 0.1) is 6.92 Å². The molecular weight excluding hydrogens is 902 g/mol. The molecule has 0 bridgehead atoms. The maximum absolute atomic E-state index is 12.4. The smallest absolute Gasteiger partial charge is 0.421 e. The molecule has 0 saturated heterocycles. The van der Waals surface area contributed by atoms with Gasteiger partial charge in [0, 0.05) is 34.1 Å². The summed E-state index contributed by atoms with van der Waals surface area (Å²) in [6.07, 6.45) is -1.27. The predicted octanol–water partition coefficient (Wildman–Crippen LogP) is 8.48. The number of hydrogen-bond acceptors (Lipinski definition) is 6. The molecular formula is C40H51F3N8OsP2+2. The summed E-state index contributed by atoms with van der Waals surface area (Å²) in [5.41, 5.74) is 3.20. The van der Waals surface area contributed by atoms with Crippen LogP contribution in [0.4, 0.5) is 13.2 Å². The number of aromatic nitrogens is 8. The monoisotopic (exact) mass is 954 g/mol. The van der Waals surface area contributed by atoms with Crippen molar-refractivity contribution in [3.8, 4) is 23.0 Å². The molecule has 0 saturated carbocycles. The van der Waals surface area contributed by atoms with Crippen LogP contribution >= 0.6 is 15.8 Å². The van der Waals surface area contributed by atoms with Crippen molar-refractivity contribution in [1.82, 2.24) is 40.3 Å². The van der Waals surface area contributed by atoms with Gasteiger partial charge in [0.05, 0.1) is 48.7 Å². The van der Waals surface area contributed by atoms with Crippen molar-refractivity contribution < 1.29 is 33.0 Å². The summed E-state index contributed by atoms with van der Waals surface area (Å²) in [6.45, 7) is 23.5. The Morgan fingerprint density at radius 2 is 0.944 bits per heavy atom. The van der Waals surface area contributed by atoms with Gasteiger partial charge in [0.1, 0.15) is 5.82 Å². The van der Waals surface area contributed by atoms with E-state index in [-0.39, 0.29) is 58.0 Å². The van der Waals surface area contributed by atoms with Gasteiger partial charge in [-0.25, -0.2) is 0 Å². The molecule has 4 aromatic heterocycles. The van der Waals surface area contributed by atoms with Crippen molar-refractivity contribution in [2.75, 3.05) is 26.7 Å². The first-order chi connectivity index (χ1) is 24.8. The average Bonchev–Trinajstić information content (AvgIpc) is 3.80. The van der Waals surface area contributed by atoms with E-state index in [4.69, 9.17) is 0 Å². The molecule has 6 aromatic rings. The minimum atomic E-state index is -4.59. The Bertz CT molecular complexity index is 1930. The molecule has 0 unspecified atom stereocenters. The zero-order valence-electron chi connectivity index (χ0n) is 32.8. The molecule has 0 N–H and O–H groups in total.